The Hall–Kier alpha value is -1.14. The van der Waals surface area contributed by atoms with Crippen LogP contribution in [0.15, 0.2) is 0 Å². The number of nitrogens with one attached hydrogen (secondary N) is 2. The molecule has 116 valence electrons. The Morgan fingerprint density at radius 1 is 1.45 bits per heavy atom. The van der Waals surface area contributed by atoms with E-state index in [-0.39, 0.29) is 30.4 Å². The number of ether oxygens (including phenoxy) is 1. The fourth-order valence-electron chi connectivity index (χ4n) is 2.60. The van der Waals surface area contributed by atoms with Gasteiger partial charge in [-0.3, -0.25) is 9.59 Å². The van der Waals surface area contributed by atoms with Crippen molar-refractivity contribution in [2.75, 3.05) is 20.2 Å². The summed E-state index contributed by atoms with van der Waals surface area (Å²) in [5.74, 6) is -0.484. The molecule has 3 N–H and O–H groups in total. The molecule has 0 bridgehead atoms. The Morgan fingerprint density at radius 2 is 2.15 bits per heavy atom. The minimum atomic E-state index is -0.816. The summed E-state index contributed by atoms with van der Waals surface area (Å²) in [6.07, 6.45) is 1.63. The van der Waals surface area contributed by atoms with Crippen LogP contribution in [0.2, 0.25) is 0 Å². The van der Waals surface area contributed by atoms with Crippen molar-refractivity contribution >= 4 is 11.9 Å². The maximum Gasteiger partial charge on any atom is 0.303 e. The largest absolute Gasteiger partial charge is 0.481 e. The molecular weight excluding hydrogens is 260 g/mol. The van der Waals surface area contributed by atoms with Gasteiger partial charge in [0.05, 0.1) is 12.1 Å². The minimum absolute atomic E-state index is 0.0175. The molecule has 0 saturated carbocycles. The predicted octanol–water partition coefficient (Wildman–Crippen LogP) is 0.617. The summed E-state index contributed by atoms with van der Waals surface area (Å²) in [4.78, 5) is 22.8. The summed E-state index contributed by atoms with van der Waals surface area (Å²) in [7, 11) is 1.64. The Bertz CT molecular complexity index is 333. The van der Waals surface area contributed by atoms with Crippen molar-refractivity contribution in [3.63, 3.8) is 0 Å². The van der Waals surface area contributed by atoms with Gasteiger partial charge in [-0.1, -0.05) is 13.8 Å². The van der Waals surface area contributed by atoms with E-state index < -0.39 is 5.97 Å². The number of carboxylic acid groups (broad SMARTS) is 1. The third kappa shape index (κ3) is 5.88. The Balaban J connectivity index is 2.38. The van der Waals surface area contributed by atoms with Crippen LogP contribution in [0.4, 0.5) is 0 Å². The highest BCUT2D eigenvalue weighted by Gasteiger charge is 2.29. The van der Waals surface area contributed by atoms with Gasteiger partial charge in [-0.15, -0.1) is 0 Å². The quantitative estimate of drug-likeness (QED) is 0.609. The number of hydrogen-bond acceptors (Lipinski definition) is 4. The van der Waals surface area contributed by atoms with Gasteiger partial charge in [0, 0.05) is 26.6 Å². The summed E-state index contributed by atoms with van der Waals surface area (Å²) < 4.78 is 5.20. The number of methoxy groups -OCH3 is 1. The van der Waals surface area contributed by atoms with Crippen LogP contribution in [0.5, 0.6) is 0 Å². The molecule has 1 aliphatic heterocycles. The van der Waals surface area contributed by atoms with Crippen LogP contribution in [-0.4, -0.2) is 49.3 Å². The van der Waals surface area contributed by atoms with Crippen molar-refractivity contribution in [3.05, 3.63) is 0 Å². The smallest absolute Gasteiger partial charge is 0.303 e. The second-order valence-electron chi connectivity index (χ2n) is 5.89. The normalized spacial score (nSPS) is 23.8. The minimum Gasteiger partial charge on any atom is -0.481 e. The fraction of sp³-hybridized carbons (Fsp3) is 0.857. The molecule has 6 heteroatoms. The van der Waals surface area contributed by atoms with E-state index in [4.69, 9.17) is 9.84 Å². The molecule has 1 rings (SSSR count). The third-order valence-corrected chi connectivity index (χ3v) is 3.57. The van der Waals surface area contributed by atoms with Gasteiger partial charge in [-0.2, -0.15) is 0 Å². The summed E-state index contributed by atoms with van der Waals surface area (Å²) in [5, 5.41) is 14.9. The summed E-state index contributed by atoms with van der Waals surface area (Å²) in [6, 6.07) is -0.232. The summed E-state index contributed by atoms with van der Waals surface area (Å²) >= 11 is 0. The Morgan fingerprint density at radius 3 is 2.65 bits per heavy atom. The van der Waals surface area contributed by atoms with Crippen LogP contribution in [0, 0.1) is 11.8 Å². The Kier molecular flexibility index (Phi) is 6.95. The molecule has 3 atom stereocenters. The molecule has 0 spiro atoms. The van der Waals surface area contributed by atoms with E-state index in [1.165, 1.54) is 0 Å². The second kappa shape index (κ2) is 8.21. The van der Waals surface area contributed by atoms with Crippen LogP contribution in [-0.2, 0) is 14.3 Å². The lowest BCUT2D eigenvalue weighted by Gasteiger charge is -2.19. The molecule has 0 aliphatic carbocycles. The molecule has 0 aromatic carbocycles. The highest BCUT2D eigenvalue weighted by atomic mass is 16.5. The maximum absolute atomic E-state index is 12.0. The van der Waals surface area contributed by atoms with E-state index in [0.717, 1.165) is 6.42 Å². The van der Waals surface area contributed by atoms with E-state index in [9.17, 15) is 9.59 Å². The first-order valence-corrected chi connectivity index (χ1v) is 7.18. The monoisotopic (exact) mass is 286 g/mol. The third-order valence-electron chi connectivity index (χ3n) is 3.57. The van der Waals surface area contributed by atoms with Crippen molar-refractivity contribution in [1.29, 1.82) is 0 Å². The second-order valence-corrected chi connectivity index (χ2v) is 5.89. The van der Waals surface area contributed by atoms with Gasteiger partial charge < -0.3 is 20.5 Å². The lowest BCUT2D eigenvalue weighted by molar-refractivity contribution is -0.138. The highest BCUT2D eigenvalue weighted by molar-refractivity contribution is 5.82. The van der Waals surface area contributed by atoms with E-state index in [1.807, 2.05) is 0 Å². The molecular formula is C14H26N2O4. The van der Waals surface area contributed by atoms with Crippen LogP contribution >= 0.6 is 0 Å². The number of carbonyl (C=O) groups excluding carboxylic acids is 1. The van der Waals surface area contributed by atoms with E-state index in [0.29, 0.717) is 25.4 Å². The zero-order chi connectivity index (χ0) is 15.1. The topological polar surface area (TPSA) is 87.7 Å². The number of amides is 1. The molecule has 1 heterocycles. The van der Waals surface area contributed by atoms with Crippen LogP contribution in [0.25, 0.3) is 0 Å². The van der Waals surface area contributed by atoms with E-state index in [2.05, 4.69) is 24.5 Å². The standard InChI is InChI=1S/C14H26N2O4/c1-9(2)4-10(5-13(17)18)7-16-14(19)12-6-11(20-3)8-15-12/h9-12,15H,4-8H2,1-3H3,(H,16,19)(H,17,18)/t10-,11?,12?/m0/s1. The predicted molar refractivity (Wildman–Crippen MR) is 75.4 cm³/mol. The van der Waals surface area contributed by atoms with Gasteiger partial charge in [0.2, 0.25) is 5.91 Å². The van der Waals surface area contributed by atoms with Crippen LogP contribution in [0.1, 0.15) is 33.1 Å². The van der Waals surface area contributed by atoms with Crippen LogP contribution < -0.4 is 10.6 Å². The average molecular weight is 286 g/mol. The summed E-state index contributed by atoms with van der Waals surface area (Å²) in [5.41, 5.74) is 0. The molecule has 2 unspecified atom stereocenters. The van der Waals surface area contributed by atoms with Crippen molar-refractivity contribution in [2.24, 2.45) is 11.8 Å². The first kappa shape index (κ1) is 16.9. The zero-order valence-corrected chi connectivity index (χ0v) is 12.5. The molecule has 0 radical (unpaired) electrons. The van der Waals surface area contributed by atoms with Gasteiger partial charge in [-0.25, -0.2) is 0 Å². The van der Waals surface area contributed by atoms with Gasteiger partial charge in [-0.05, 0) is 24.7 Å². The molecule has 0 aromatic heterocycles. The molecule has 20 heavy (non-hydrogen) atoms. The number of aliphatic carboxylic acids is 1. The van der Waals surface area contributed by atoms with Crippen molar-refractivity contribution in [2.45, 2.75) is 45.3 Å². The van der Waals surface area contributed by atoms with Gasteiger partial charge in [0.1, 0.15) is 0 Å². The Labute approximate surface area is 120 Å². The van der Waals surface area contributed by atoms with Crippen molar-refractivity contribution in [1.82, 2.24) is 10.6 Å². The number of carboxylic acids is 1. The van der Waals surface area contributed by atoms with Crippen LogP contribution in [0.3, 0.4) is 0 Å². The molecule has 6 nitrogen and oxygen atoms in total. The first-order chi connectivity index (χ1) is 9.42. The maximum atomic E-state index is 12.0. The van der Waals surface area contributed by atoms with Crippen molar-refractivity contribution in [3.8, 4) is 0 Å². The SMILES string of the molecule is COC1CNC(C(=O)NC[C@H](CC(=O)O)CC(C)C)C1. The number of carbonyl (C=O) groups is 2. The fourth-order valence-corrected chi connectivity index (χ4v) is 2.60. The van der Waals surface area contributed by atoms with Gasteiger partial charge in [0.25, 0.3) is 0 Å². The molecule has 1 aliphatic rings. The van der Waals surface area contributed by atoms with Gasteiger partial charge in [0.15, 0.2) is 0 Å². The summed E-state index contributed by atoms with van der Waals surface area (Å²) in [6.45, 7) is 5.20. The molecule has 1 amide bonds. The number of rotatable bonds is 8. The van der Waals surface area contributed by atoms with E-state index >= 15 is 0 Å². The van der Waals surface area contributed by atoms with Crippen molar-refractivity contribution < 1.29 is 19.4 Å². The lowest BCUT2D eigenvalue weighted by atomic mass is 9.94. The highest BCUT2D eigenvalue weighted by Crippen LogP contribution is 2.15. The number of hydrogen-bond donors (Lipinski definition) is 3. The zero-order valence-electron chi connectivity index (χ0n) is 12.5. The first-order valence-electron chi connectivity index (χ1n) is 7.18. The average Bonchev–Trinajstić information content (AvgIpc) is 2.83. The molecule has 0 aromatic rings. The van der Waals surface area contributed by atoms with Gasteiger partial charge >= 0.3 is 5.97 Å². The molecule has 1 saturated heterocycles. The van der Waals surface area contributed by atoms with E-state index in [1.54, 1.807) is 7.11 Å². The molecule has 1 fully saturated rings. The lowest BCUT2D eigenvalue weighted by Crippen LogP contribution is -2.42.